The van der Waals surface area contributed by atoms with E-state index < -0.39 is 0 Å². The summed E-state index contributed by atoms with van der Waals surface area (Å²) in [7, 11) is 0. The first kappa shape index (κ1) is 26.8. The van der Waals surface area contributed by atoms with Gasteiger partial charge in [-0.2, -0.15) is 5.26 Å². The summed E-state index contributed by atoms with van der Waals surface area (Å²) in [5, 5.41) is 9.55. The molecule has 0 radical (unpaired) electrons. The number of benzene rings is 4. The first-order chi connectivity index (χ1) is 21.9. The Hall–Kier alpha value is -4.62. The molecule has 45 heavy (non-hydrogen) atoms. The lowest BCUT2D eigenvalue weighted by molar-refractivity contribution is -0.00518. The predicted octanol–water partition coefficient (Wildman–Crippen LogP) is 9.52. The molecule has 5 aliphatic carbocycles. The largest absolute Gasteiger partial charge is 0.208 e. The molecule has 0 spiro atoms. The van der Waals surface area contributed by atoms with Crippen LogP contribution in [0, 0.1) is 29.1 Å². The molecule has 10 rings (SSSR count). The summed E-state index contributed by atoms with van der Waals surface area (Å²) < 4.78 is 0. The van der Waals surface area contributed by atoms with Crippen LogP contribution in [0.4, 0.5) is 0 Å². The number of rotatable bonds is 4. The molecule has 4 saturated carbocycles. The second-order valence-electron chi connectivity index (χ2n) is 14.7. The van der Waals surface area contributed by atoms with E-state index in [1.165, 1.54) is 66.3 Å². The van der Waals surface area contributed by atoms with Gasteiger partial charge in [0, 0.05) is 22.1 Å². The number of aromatic nitrogens is 3. The molecule has 4 heteroatoms. The smallest absolute Gasteiger partial charge is 0.164 e. The Morgan fingerprint density at radius 1 is 0.600 bits per heavy atom. The van der Waals surface area contributed by atoms with E-state index in [-0.39, 0.29) is 5.41 Å². The zero-order valence-corrected chi connectivity index (χ0v) is 25.9. The van der Waals surface area contributed by atoms with Gasteiger partial charge in [0.05, 0.1) is 11.6 Å². The van der Waals surface area contributed by atoms with Crippen molar-refractivity contribution in [3.05, 3.63) is 113 Å². The van der Waals surface area contributed by atoms with E-state index in [0.29, 0.717) is 28.5 Å². The normalized spacial score (nSPS) is 25.0. The minimum Gasteiger partial charge on any atom is -0.208 e. The van der Waals surface area contributed by atoms with Crippen LogP contribution in [-0.4, -0.2) is 15.0 Å². The molecule has 0 unspecified atom stereocenters. The molecule has 5 aromatic rings. The quantitative estimate of drug-likeness (QED) is 0.211. The Balaban J connectivity index is 1.13. The Morgan fingerprint density at radius 3 is 1.80 bits per heavy atom. The summed E-state index contributed by atoms with van der Waals surface area (Å²) in [6, 6.07) is 34.4. The van der Waals surface area contributed by atoms with E-state index in [4.69, 9.17) is 15.0 Å². The van der Waals surface area contributed by atoms with Crippen LogP contribution in [-0.2, 0) is 10.8 Å². The zero-order chi connectivity index (χ0) is 30.3. The molecular weight excluding hydrogens is 548 g/mol. The van der Waals surface area contributed by atoms with Crippen LogP contribution >= 0.6 is 0 Å². The van der Waals surface area contributed by atoms with E-state index in [9.17, 15) is 5.26 Å². The van der Waals surface area contributed by atoms with E-state index in [1.807, 2.05) is 30.3 Å². The van der Waals surface area contributed by atoms with Crippen molar-refractivity contribution >= 4 is 0 Å². The van der Waals surface area contributed by atoms with Crippen molar-refractivity contribution in [1.82, 2.24) is 15.0 Å². The Bertz CT molecular complexity index is 1980. The molecule has 1 aromatic heterocycles. The molecule has 0 N–H and O–H groups in total. The molecule has 4 bridgehead atoms. The summed E-state index contributed by atoms with van der Waals surface area (Å²) in [6.07, 6.45) is 8.47. The van der Waals surface area contributed by atoms with Gasteiger partial charge >= 0.3 is 0 Å². The fourth-order valence-corrected chi connectivity index (χ4v) is 9.75. The third-order valence-electron chi connectivity index (χ3n) is 11.5. The molecule has 4 fully saturated rings. The van der Waals surface area contributed by atoms with Gasteiger partial charge < -0.3 is 0 Å². The van der Waals surface area contributed by atoms with E-state index >= 15 is 0 Å². The lowest BCUT2D eigenvalue weighted by Gasteiger charge is -2.57. The monoisotopic (exact) mass is 584 g/mol. The topological polar surface area (TPSA) is 62.5 Å². The molecule has 4 aromatic carbocycles. The minimum absolute atomic E-state index is 0.187. The van der Waals surface area contributed by atoms with Crippen LogP contribution in [0.3, 0.4) is 0 Å². The summed E-state index contributed by atoms with van der Waals surface area (Å²) in [5.74, 6) is 4.83. The third-order valence-corrected chi connectivity index (χ3v) is 11.5. The SMILES string of the molecule is CC1(C)c2ccc(-c3nc(-c4ccccc4)nc(-c4ccc(C56CC7CC(CC(C7)C5)C6)cc4)n3)cc2-c2ccc(C#N)cc21. The van der Waals surface area contributed by atoms with Crippen LogP contribution in [0.15, 0.2) is 91.0 Å². The van der Waals surface area contributed by atoms with Gasteiger partial charge in [-0.25, -0.2) is 15.0 Å². The molecule has 0 amide bonds. The van der Waals surface area contributed by atoms with Gasteiger partial charge in [0.1, 0.15) is 0 Å². The molecule has 0 atom stereocenters. The van der Waals surface area contributed by atoms with Crippen molar-refractivity contribution in [2.45, 2.75) is 63.2 Å². The number of nitriles is 1. The number of hydrogen-bond donors (Lipinski definition) is 0. The molecule has 4 nitrogen and oxygen atoms in total. The van der Waals surface area contributed by atoms with Crippen LogP contribution in [0.25, 0.3) is 45.3 Å². The molecule has 220 valence electrons. The van der Waals surface area contributed by atoms with Crippen LogP contribution in [0.2, 0.25) is 0 Å². The lowest BCUT2D eigenvalue weighted by Crippen LogP contribution is -2.48. The number of nitrogens with zero attached hydrogens (tertiary/aromatic N) is 4. The van der Waals surface area contributed by atoms with Gasteiger partial charge in [-0.3, -0.25) is 0 Å². The third kappa shape index (κ3) is 4.21. The Labute approximate surface area is 265 Å². The first-order valence-electron chi connectivity index (χ1n) is 16.5. The second-order valence-corrected chi connectivity index (χ2v) is 14.7. The number of hydrogen-bond acceptors (Lipinski definition) is 4. The summed E-state index contributed by atoms with van der Waals surface area (Å²) in [4.78, 5) is 15.1. The van der Waals surface area contributed by atoms with Gasteiger partial charge in [0.15, 0.2) is 17.5 Å². The van der Waals surface area contributed by atoms with Crippen molar-refractivity contribution < 1.29 is 0 Å². The van der Waals surface area contributed by atoms with Crippen molar-refractivity contribution in [1.29, 1.82) is 5.26 Å². The fourth-order valence-electron chi connectivity index (χ4n) is 9.75. The van der Waals surface area contributed by atoms with Crippen LogP contribution in [0.1, 0.15) is 74.6 Å². The molecule has 0 saturated heterocycles. The summed E-state index contributed by atoms with van der Waals surface area (Å²) in [6.45, 7) is 4.47. The maximum Gasteiger partial charge on any atom is 0.164 e. The average Bonchev–Trinajstić information content (AvgIpc) is 3.29. The Kier molecular flexibility index (Phi) is 5.76. The summed E-state index contributed by atoms with van der Waals surface area (Å²) in [5.41, 5.74) is 10.2. The highest BCUT2D eigenvalue weighted by molar-refractivity contribution is 5.84. The van der Waals surface area contributed by atoms with Crippen molar-refractivity contribution in [3.8, 4) is 51.4 Å². The van der Waals surface area contributed by atoms with Gasteiger partial charge in [-0.1, -0.05) is 86.6 Å². The standard InChI is InChI=1S/C41H36N4/c1-40(2)35-15-11-31(20-34(35)33-14-8-25(24-42)19-36(33)40)39-44-37(29-6-4-3-5-7-29)43-38(45-39)30-9-12-32(13-10-30)41-21-26-16-27(22-41)18-28(17-26)23-41/h3-15,19-20,26-28H,16-18,21-23H2,1-2H3. The van der Waals surface area contributed by atoms with Gasteiger partial charge in [-0.15, -0.1) is 0 Å². The number of fused-ring (bicyclic) bond motifs is 3. The van der Waals surface area contributed by atoms with Crippen molar-refractivity contribution in [2.75, 3.05) is 0 Å². The molecular formula is C41H36N4. The van der Waals surface area contributed by atoms with Crippen molar-refractivity contribution in [2.24, 2.45) is 17.8 Å². The molecule has 5 aliphatic rings. The minimum atomic E-state index is -0.187. The highest BCUT2D eigenvalue weighted by Crippen LogP contribution is 2.60. The van der Waals surface area contributed by atoms with Crippen LogP contribution in [0.5, 0.6) is 0 Å². The maximum absolute atomic E-state index is 9.55. The van der Waals surface area contributed by atoms with E-state index in [1.54, 1.807) is 0 Å². The molecule has 0 aliphatic heterocycles. The fraction of sp³-hybridized carbons (Fsp3) is 0.317. The zero-order valence-electron chi connectivity index (χ0n) is 25.9. The van der Waals surface area contributed by atoms with Crippen LogP contribution < -0.4 is 0 Å². The second kappa shape index (κ2) is 9.69. The average molecular weight is 585 g/mol. The Morgan fingerprint density at radius 2 is 1.18 bits per heavy atom. The van der Waals surface area contributed by atoms with E-state index in [2.05, 4.69) is 80.6 Å². The highest BCUT2D eigenvalue weighted by Gasteiger charge is 2.51. The highest BCUT2D eigenvalue weighted by atomic mass is 15.0. The first-order valence-corrected chi connectivity index (χ1v) is 16.5. The summed E-state index contributed by atoms with van der Waals surface area (Å²) >= 11 is 0. The van der Waals surface area contributed by atoms with Gasteiger partial charge in [0.2, 0.25) is 0 Å². The van der Waals surface area contributed by atoms with E-state index in [0.717, 1.165) is 34.4 Å². The maximum atomic E-state index is 9.55. The lowest BCUT2D eigenvalue weighted by atomic mass is 9.48. The predicted molar refractivity (Wildman–Crippen MR) is 178 cm³/mol. The van der Waals surface area contributed by atoms with Crippen molar-refractivity contribution in [3.63, 3.8) is 0 Å². The molecule has 1 heterocycles. The van der Waals surface area contributed by atoms with Gasteiger partial charge in [-0.05, 0) is 108 Å². The van der Waals surface area contributed by atoms with Gasteiger partial charge in [0.25, 0.3) is 0 Å².